The van der Waals surface area contributed by atoms with Gasteiger partial charge >= 0.3 is 0 Å². The highest BCUT2D eigenvalue weighted by Gasteiger charge is 2.31. The zero-order valence-electron chi connectivity index (χ0n) is 17.5. The van der Waals surface area contributed by atoms with Crippen LogP contribution in [0.2, 0.25) is 5.02 Å². The van der Waals surface area contributed by atoms with Crippen LogP contribution in [-0.4, -0.2) is 30.0 Å². The second-order valence-electron chi connectivity index (χ2n) is 7.68. The summed E-state index contributed by atoms with van der Waals surface area (Å²) in [5, 5.41) is 4.42. The average molecular weight is 426 g/mol. The van der Waals surface area contributed by atoms with Crippen molar-refractivity contribution in [3.8, 4) is 5.75 Å². The quantitative estimate of drug-likeness (QED) is 0.650. The molecule has 0 saturated carbocycles. The molecule has 0 radical (unpaired) electrons. The number of methoxy groups -OCH3 is 1. The maximum atomic E-state index is 13.5. The predicted molar refractivity (Wildman–Crippen MR) is 120 cm³/mol. The number of ether oxygens (including phenoxy) is 1. The molecular formula is C23H24ClN3O3. The number of carbonyl (C=O) groups excluding carboxylic acids is 2. The van der Waals surface area contributed by atoms with Crippen molar-refractivity contribution in [2.75, 3.05) is 23.9 Å². The number of rotatable bonds is 4. The molecule has 1 N–H and O–H groups in total. The zero-order valence-corrected chi connectivity index (χ0v) is 18.3. The van der Waals surface area contributed by atoms with Gasteiger partial charge in [0.2, 0.25) is 5.91 Å². The van der Waals surface area contributed by atoms with E-state index in [1.807, 2.05) is 43.7 Å². The van der Waals surface area contributed by atoms with Crippen LogP contribution in [0, 0.1) is 13.8 Å². The molecule has 2 amide bonds. The molecule has 1 aromatic heterocycles. The molecule has 0 unspecified atom stereocenters. The highest BCUT2D eigenvalue weighted by atomic mass is 35.5. The van der Waals surface area contributed by atoms with Crippen molar-refractivity contribution in [2.24, 2.45) is 7.05 Å². The van der Waals surface area contributed by atoms with E-state index in [9.17, 15) is 9.59 Å². The van der Waals surface area contributed by atoms with Gasteiger partial charge < -0.3 is 19.5 Å². The Balaban J connectivity index is 1.86. The van der Waals surface area contributed by atoms with Gasteiger partial charge in [0, 0.05) is 36.5 Å². The summed E-state index contributed by atoms with van der Waals surface area (Å²) in [6, 6.07) is 9.48. The van der Waals surface area contributed by atoms with Gasteiger partial charge in [0.15, 0.2) is 0 Å². The van der Waals surface area contributed by atoms with Crippen LogP contribution in [0.25, 0.3) is 10.9 Å². The molecule has 2 heterocycles. The Labute approximate surface area is 180 Å². The molecule has 1 saturated heterocycles. The standard InChI is InChI=1S/C23H24ClN3O3/c1-13-7-8-18-15(10-13)21(27-9-5-6-20(27)28)22(26(18)3)23(29)25-17-11-14(2)16(24)12-19(17)30-4/h7-8,10-12H,5-6,9H2,1-4H3,(H,25,29). The van der Waals surface area contributed by atoms with Gasteiger partial charge in [0.25, 0.3) is 5.91 Å². The topological polar surface area (TPSA) is 63.6 Å². The van der Waals surface area contributed by atoms with Crippen molar-refractivity contribution < 1.29 is 14.3 Å². The first-order valence-electron chi connectivity index (χ1n) is 9.86. The number of aromatic nitrogens is 1. The summed E-state index contributed by atoms with van der Waals surface area (Å²) >= 11 is 6.20. The largest absolute Gasteiger partial charge is 0.495 e. The van der Waals surface area contributed by atoms with Crippen LogP contribution < -0.4 is 15.0 Å². The first-order chi connectivity index (χ1) is 14.3. The van der Waals surface area contributed by atoms with Crippen LogP contribution in [0.3, 0.4) is 0 Å². The molecule has 4 rings (SSSR count). The molecule has 3 aromatic rings. The SMILES string of the molecule is COc1cc(Cl)c(C)cc1NC(=O)c1c(N2CCCC2=O)c2cc(C)ccc2n1C. The summed E-state index contributed by atoms with van der Waals surface area (Å²) in [5.74, 6) is 0.214. The van der Waals surface area contributed by atoms with Gasteiger partial charge in [-0.2, -0.15) is 0 Å². The third kappa shape index (κ3) is 3.31. The molecule has 1 aliphatic rings. The number of amides is 2. The Kier molecular flexibility index (Phi) is 5.20. The van der Waals surface area contributed by atoms with E-state index in [1.54, 1.807) is 17.0 Å². The monoisotopic (exact) mass is 425 g/mol. The van der Waals surface area contributed by atoms with Crippen molar-refractivity contribution in [3.05, 3.63) is 52.2 Å². The van der Waals surface area contributed by atoms with Crippen molar-refractivity contribution >= 4 is 45.7 Å². The van der Waals surface area contributed by atoms with E-state index in [-0.39, 0.29) is 11.8 Å². The molecular weight excluding hydrogens is 402 g/mol. The van der Waals surface area contributed by atoms with Gasteiger partial charge in [-0.25, -0.2) is 0 Å². The number of benzene rings is 2. The number of halogens is 1. The van der Waals surface area contributed by atoms with E-state index < -0.39 is 0 Å². The second kappa shape index (κ2) is 7.69. The van der Waals surface area contributed by atoms with Crippen LogP contribution >= 0.6 is 11.6 Å². The van der Waals surface area contributed by atoms with Crippen molar-refractivity contribution in [1.29, 1.82) is 0 Å². The number of carbonyl (C=O) groups is 2. The minimum atomic E-state index is -0.305. The summed E-state index contributed by atoms with van der Waals surface area (Å²) in [6.07, 6.45) is 1.28. The number of nitrogens with one attached hydrogen (secondary N) is 1. The third-order valence-corrected chi connectivity index (χ3v) is 6.02. The van der Waals surface area contributed by atoms with Crippen molar-refractivity contribution in [1.82, 2.24) is 4.57 Å². The Hall–Kier alpha value is -2.99. The highest BCUT2D eigenvalue weighted by Crippen LogP contribution is 2.38. The molecule has 156 valence electrons. The van der Waals surface area contributed by atoms with Gasteiger partial charge in [-0.3, -0.25) is 9.59 Å². The minimum absolute atomic E-state index is 0.0398. The lowest BCUT2D eigenvalue weighted by atomic mass is 10.1. The van der Waals surface area contributed by atoms with Gasteiger partial charge in [0.05, 0.1) is 24.0 Å². The van der Waals surface area contributed by atoms with Crippen LogP contribution in [0.4, 0.5) is 11.4 Å². The molecule has 6 nitrogen and oxygen atoms in total. The fourth-order valence-corrected chi connectivity index (χ4v) is 4.22. The van der Waals surface area contributed by atoms with Crippen LogP contribution in [0.5, 0.6) is 5.75 Å². The summed E-state index contributed by atoms with van der Waals surface area (Å²) in [5.41, 5.74) is 4.45. The van der Waals surface area contributed by atoms with E-state index in [1.165, 1.54) is 7.11 Å². The molecule has 1 fully saturated rings. The molecule has 2 aromatic carbocycles. The lowest BCUT2D eigenvalue weighted by Gasteiger charge is -2.18. The van der Waals surface area contributed by atoms with Gasteiger partial charge in [-0.05, 0) is 44.0 Å². The Morgan fingerprint density at radius 3 is 2.63 bits per heavy atom. The number of fused-ring (bicyclic) bond motifs is 1. The van der Waals surface area contributed by atoms with Crippen LogP contribution in [-0.2, 0) is 11.8 Å². The van der Waals surface area contributed by atoms with E-state index >= 15 is 0 Å². The smallest absolute Gasteiger partial charge is 0.274 e. The van der Waals surface area contributed by atoms with Crippen LogP contribution in [0.1, 0.15) is 34.5 Å². The first kappa shape index (κ1) is 20.3. The maximum absolute atomic E-state index is 13.5. The minimum Gasteiger partial charge on any atom is -0.495 e. The molecule has 7 heteroatoms. The van der Waals surface area contributed by atoms with Crippen molar-refractivity contribution in [3.63, 3.8) is 0 Å². The lowest BCUT2D eigenvalue weighted by Crippen LogP contribution is -2.27. The average Bonchev–Trinajstić information content (AvgIpc) is 3.24. The number of hydrogen-bond acceptors (Lipinski definition) is 3. The lowest BCUT2D eigenvalue weighted by molar-refractivity contribution is -0.117. The Bertz CT molecular complexity index is 1180. The Morgan fingerprint density at radius 1 is 1.20 bits per heavy atom. The molecule has 0 atom stereocenters. The molecule has 0 spiro atoms. The normalized spacial score (nSPS) is 13.9. The summed E-state index contributed by atoms with van der Waals surface area (Å²) in [7, 11) is 3.38. The van der Waals surface area contributed by atoms with Gasteiger partial charge in [-0.15, -0.1) is 0 Å². The van der Waals surface area contributed by atoms with Crippen molar-refractivity contribution in [2.45, 2.75) is 26.7 Å². The third-order valence-electron chi connectivity index (χ3n) is 5.62. The summed E-state index contributed by atoms with van der Waals surface area (Å²) in [4.78, 5) is 27.8. The second-order valence-corrected chi connectivity index (χ2v) is 8.09. The number of hydrogen-bond donors (Lipinski definition) is 1. The zero-order chi connectivity index (χ0) is 21.6. The fraction of sp³-hybridized carbons (Fsp3) is 0.304. The molecule has 0 aliphatic carbocycles. The molecule has 0 bridgehead atoms. The number of nitrogens with zero attached hydrogens (tertiary/aromatic N) is 2. The molecule has 1 aliphatic heterocycles. The van der Waals surface area contributed by atoms with Gasteiger partial charge in [0.1, 0.15) is 11.4 Å². The number of aryl methyl sites for hydroxylation is 3. The summed E-state index contributed by atoms with van der Waals surface area (Å²) < 4.78 is 7.25. The predicted octanol–water partition coefficient (Wildman–Crippen LogP) is 4.84. The molecule has 30 heavy (non-hydrogen) atoms. The fourth-order valence-electron chi connectivity index (χ4n) is 4.07. The number of anilines is 2. The maximum Gasteiger partial charge on any atom is 0.274 e. The van der Waals surface area contributed by atoms with E-state index in [0.717, 1.165) is 28.5 Å². The van der Waals surface area contributed by atoms with E-state index in [2.05, 4.69) is 5.32 Å². The summed E-state index contributed by atoms with van der Waals surface area (Å²) in [6.45, 7) is 4.48. The first-order valence-corrected chi connectivity index (χ1v) is 10.2. The van der Waals surface area contributed by atoms with Gasteiger partial charge in [-0.1, -0.05) is 23.2 Å². The van der Waals surface area contributed by atoms with E-state index in [0.29, 0.717) is 40.8 Å². The highest BCUT2D eigenvalue weighted by molar-refractivity contribution is 6.31. The Morgan fingerprint density at radius 2 is 1.97 bits per heavy atom. The van der Waals surface area contributed by atoms with E-state index in [4.69, 9.17) is 16.3 Å². The van der Waals surface area contributed by atoms with Crippen LogP contribution in [0.15, 0.2) is 30.3 Å².